The summed E-state index contributed by atoms with van der Waals surface area (Å²) >= 11 is 0. The maximum absolute atomic E-state index is 11.9. The van der Waals surface area contributed by atoms with E-state index in [-0.39, 0.29) is 18.0 Å². The van der Waals surface area contributed by atoms with Crippen LogP contribution in [0.15, 0.2) is 30.3 Å². The van der Waals surface area contributed by atoms with Gasteiger partial charge in [0, 0.05) is 19.1 Å². The normalized spacial score (nSPS) is 15.2. The molecular formula is C16H22N2O4. The van der Waals surface area contributed by atoms with E-state index in [9.17, 15) is 9.59 Å². The molecule has 22 heavy (non-hydrogen) atoms. The summed E-state index contributed by atoms with van der Waals surface area (Å²) in [6, 6.07) is 9.54. The SMILES string of the molecule is COC(=O)N1CCC(NC(=O)CCOc2ccccc2)CC1. The minimum Gasteiger partial charge on any atom is -0.493 e. The number of para-hydroxylation sites is 1. The summed E-state index contributed by atoms with van der Waals surface area (Å²) < 4.78 is 10.2. The first-order chi connectivity index (χ1) is 10.7. The Labute approximate surface area is 130 Å². The third-order valence-electron chi connectivity index (χ3n) is 3.63. The molecule has 120 valence electrons. The van der Waals surface area contributed by atoms with Crippen molar-refractivity contribution in [2.45, 2.75) is 25.3 Å². The first-order valence-corrected chi connectivity index (χ1v) is 7.49. The zero-order valence-corrected chi connectivity index (χ0v) is 12.8. The number of likely N-dealkylation sites (tertiary alicyclic amines) is 1. The average Bonchev–Trinajstić information content (AvgIpc) is 2.56. The van der Waals surface area contributed by atoms with Crippen LogP contribution in [0.5, 0.6) is 5.75 Å². The van der Waals surface area contributed by atoms with Gasteiger partial charge in [-0.25, -0.2) is 4.79 Å². The number of nitrogens with zero attached hydrogens (tertiary/aromatic N) is 1. The molecule has 1 aliphatic rings. The topological polar surface area (TPSA) is 67.9 Å². The Balaban J connectivity index is 1.63. The fourth-order valence-electron chi connectivity index (χ4n) is 2.41. The van der Waals surface area contributed by atoms with Crippen molar-refractivity contribution in [3.05, 3.63) is 30.3 Å². The van der Waals surface area contributed by atoms with Crippen molar-refractivity contribution in [3.8, 4) is 5.75 Å². The Morgan fingerprint density at radius 3 is 2.55 bits per heavy atom. The zero-order chi connectivity index (χ0) is 15.8. The molecule has 1 heterocycles. The molecule has 1 fully saturated rings. The summed E-state index contributed by atoms with van der Waals surface area (Å²) in [6.45, 7) is 1.58. The van der Waals surface area contributed by atoms with Crippen molar-refractivity contribution in [3.63, 3.8) is 0 Å². The van der Waals surface area contributed by atoms with Crippen LogP contribution in [0.1, 0.15) is 19.3 Å². The first-order valence-electron chi connectivity index (χ1n) is 7.49. The summed E-state index contributed by atoms with van der Waals surface area (Å²) in [5.74, 6) is 0.745. The predicted molar refractivity (Wildman–Crippen MR) is 81.7 cm³/mol. The second-order valence-electron chi connectivity index (χ2n) is 5.21. The van der Waals surface area contributed by atoms with Gasteiger partial charge in [-0.05, 0) is 25.0 Å². The molecule has 0 bridgehead atoms. The fourth-order valence-corrected chi connectivity index (χ4v) is 2.41. The van der Waals surface area contributed by atoms with Gasteiger partial charge >= 0.3 is 6.09 Å². The Bertz CT molecular complexity index is 484. The summed E-state index contributed by atoms with van der Waals surface area (Å²) in [4.78, 5) is 24.9. The van der Waals surface area contributed by atoms with Gasteiger partial charge in [-0.3, -0.25) is 4.79 Å². The molecular weight excluding hydrogens is 284 g/mol. The van der Waals surface area contributed by atoms with Gasteiger partial charge in [-0.15, -0.1) is 0 Å². The van der Waals surface area contributed by atoms with Gasteiger partial charge in [0.2, 0.25) is 5.91 Å². The second kappa shape index (κ2) is 8.26. The van der Waals surface area contributed by atoms with E-state index >= 15 is 0 Å². The van der Waals surface area contributed by atoms with Gasteiger partial charge in [-0.1, -0.05) is 18.2 Å². The molecule has 1 saturated heterocycles. The minimum atomic E-state index is -0.305. The lowest BCUT2D eigenvalue weighted by atomic mass is 10.1. The maximum atomic E-state index is 11.9. The van der Waals surface area contributed by atoms with Crippen molar-refractivity contribution in [2.75, 3.05) is 26.8 Å². The molecule has 2 amide bonds. The summed E-state index contributed by atoms with van der Waals surface area (Å²) in [5, 5.41) is 2.98. The maximum Gasteiger partial charge on any atom is 0.409 e. The molecule has 0 radical (unpaired) electrons. The summed E-state index contributed by atoms with van der Waals surface area (Å²) in [6.07, 6.45) is 1.52. The van der Waals surface area contributed by atoms with E-state index in [2.05, 4.69) is 10.1 Å². The van der Waals surface area contributed by atoms with E-state index in [0.29, 0.717) is 26.1 Å². The van der Waals surface area contributed by atoms with Gasteiger partial charge in [0.1, 0.15) is 5.75 Å². The van der Waals surface area contributed by atoms with E-state index in [1.165, 1.54) is 7.11 Å². The largest absolute Gasteiger partial charge is 0.493 e. The Hall–Kier alpha value is -2.24. The molecule has 6 heteroatoms. The van der Waals surface area contributed by atoms with Crippen LogP contribution in [0.2, 0.25) is 0 Å². The molecule has 6 nitrogen and oxygen atoms in total. The molecule has 2 rings (SSSR count). The van der Waals surface area contributed by atoms with Crippen molar-refractivity contribution in [1.82, 2.24) is 10.2 Å². The van der Waals surface area contributed by atoms with Crippen molar-refractivity contribution in [1.29, 1.82) is 0 Å². The van der Waals surface area contributed by atoms with Crippen molar-refractivity contribution >= 4 is 12.0 Å². The molecule has 0 spiro atoms. The van der Waals surface area contributed by atoms with Crippen LogP contribution >= 0.6 is 0 Å². The van der Waals surface area contributed by atoms with E-state index in [4.69, 9.17) is 4.74 Å². The quantitative estimate of drug-likeness (QED) is 0.901. The lowest BCUT2D eigenvalue weighted by molar-refractivity contribution is -0.122. The lowest BCUT2D eigenvalue weighted by Gasteiger charge is -2.31. The Kier molecular flexibility index (Phi) is 6.06. The van der Waals surface area contributed by atoms with Gasteiger partial charge in [-0.2, -0.15) is 0 Å². The molecule has 0 aliphatic carbocycles. The molecule has 0 atom stereocenters. The average molecular weight is 306 g/mol. The first kappa shape index (κ1) is 16.1. The third kappa shape index (κ3) is 4.95. The zero-order valence-electron chi connectivity index (χ0n) is 12.8. The minimum absolute atomic E-state index is 0.0209. The number of nitrogens with one attached hydrogen (secondary N) is 1. The van der Waals surface area contributed by atoms with Crippen LogP contribution in [0.3, 0.4) is 0 Å². The van der Waals surface area contributed by atoms with Crippen LogP contribution in [-0.4, -0.2) is 49.7 Å². The van der Waals surface area contributed by atoms with E-state index in [1.54, 1.807) is 4.90 Å². The number of carbonyl (C=O) groups excluding carboxylic acids is 2. The number of rotatable bonds is 5. The molecule has 1 aliphatic heterocycles. The van der Waals surface area contributed by atoms with Crippen LogP contribution in [0, 0.1) is 0 Å². The van der Waals surface area contributed by atoms with E-state index in [0.717, 1.165) is 18.6 Å². The summed E-state index contributed by atoms with van der Waals surface area (Å²) in [5.41, 5.74) is 0. The highest BCUT2D eigenvalue weighted by atomic mass is 16.5. The predicted octanol–water partition coefficient (Wildman–Crippen LogP) is 1.80. The van der Waals surface area contributed by atoms with Crippen LogP contribution in [0.4, 0.5) is 4.79 Å². The van der Waals surface area contributed by atoms with Gasteiger partial charge in [0.15, 0.2) is 0 Å². The molecule has 1 aromatic rings. The van der Waals surface area contributed by atoms with Gasteiger partial charge in [0.25, 0.3) is 0 Å². The van der Waals surface area contributed by atoms with Gasteiger partial charge < -0.3 is 19.7 Å². The van der Waals surface area contributed by atoms with Crippen LogP contribution in [-0.2, 0) is 9.53 Å². The Morgan fingerprint density at radius 2 is 1.91 bits per heavy atom. The number of piperidine rings is 1. The summed E-state index contributed by atoms with van der Waals surface area (Å²) in [7, 11) is 1.38. The van der Waals surface area contributed by atoms with E-state index < -0.39 is 0 Å². The molecule has 0 unspecified atom stereocenters. The molecule has 0 saturated carbocycles. The monoisotopic (exact) mass is 306 g/mol. The number of methoxy groups -OCH3 is 1. The second-order valence-corrected chi connectivity index (χ2v) is 5.21. The Morgan fingerprint density at radius 1 is 1.23 bits per heavy atom. The highest BCUT2D eigenvalue weighted by Gasteiger charge is 2.23. The number of hydrogen-bond donors (Lipinski definition) is 1. The van der Waals surface area contributed by atoms with Crippen LogP contribution < -0.4 is 10.1 Å². The lowest BCUT2D eigenvalue weighted by Crippen LogP contribution is -2.46. The van der Waals surface area contributed by atoms with Crippen molar-refractivity contribution < 1.29 is 19.1 Å². The smallest absolute Gasteiger partial charge is 0.409 e. The number of ether oxygens (including phenoxy) is 2. The number of amides is 2. The number of hydrogen-bond acceptors (Lipinski definition) is 4. The van der Waals surface area contributed by atoms with Crippen LogP contribution in [0.25, 0.3) is 0 Å². The van der Waals surface area contributed by atoms with E-state index in [1.807, 2.05) is 30.3 Å². The standard InChI is InChI=1S/C16H22N2O4/c1-21-16(20)18-10-7-13(8-11-18)17-15(19)9-12-22-14-5-3-2-4-6-14/h2-6,13H,7-12H2,1H3,(H,17,19). The highest BCUT2D eigenvalue weighted by molar-refractivity contribution is 5.76. The molecule has 1 aromatic carbocycles. The third-order valence-corrected chi connectivity index (χ3v) is 3.63. The fraction of sp³-hybridized carbons (Fsp3) is 0.500. The number of carbonyl (C=O) groups is 2. The molecule has 0 aromatic heterocycles. The number of benzene rings is 1. The van der Waals surface area contributed by atoms with Crippen molar-refractivity contribution in [2.24, 2.45) is 0 Å². The highest BCUT2D eigenvalue weighted by Crippen LogP contribution is 2.12. The van der Waals surface area contributed by atoms with Gasteiger partial charge in [0.05, 0.1) is 20.1 Å². The molecule has 1 N–H and O–H groups in total.